The molecule has 1 aliphatic rings. The first-order valence-corrected chi connectivity index (χ1v) is 6.64. The minimum Gasteiger partial charge on any atom is -0.379 e. The van der Waals surface area contributed by atoms with E-state index in [-0.39, 0.29) is 0 Å². The van der Waals surface area contributed by atoms with Gasteiger partial charge in [0.25, 0.3) is 0 Å². The Balaban J connectivity index is 1.80. The Morgan fingerprint density at radius 2 is 1.89 bits per heavy atom. The third kappa shape index (κ3) is 4.26. The topological polar surface area (TPSA) is 38.5 Å². The SMILES string of the molecule is NC/C=C/c1ccc(CCN2CCOCC2)cc1. The quantitative estimate of drug-likeness (QED) is 0.856. The van der Waals surface area contributed by atoms with Gasteiger partial charge in [-0.3, -0.25) is 4.90 Å². The van der Waals surface area contributed by atoms with Gasteiger partial charge >= 0.3 is 0 Å². The number of rotatable bonds is 5. The lowest BCUT2D eigenvalue weighted by Crippen LogP contribution is -2.37. The van der Waals surface area contributed by atoms with Gasteiger partial charge in [0, 0.05) is 26.2 Å². The van der Waals surface area contributed by atoms with Crippen molar-refractivity contribution in [3.05, 3.63) is 41.5 Å². The minimum absolute atomic E-state index is 0.596. The second kappa shape index (κ2) is 7.31. The van der Waals surface area contributed by atoms with Crippen LogP contribution < -0.4 is 5.73 Å². The molecular weight excluding hydrogens is 224 g/mol. The molecule has 0 aliphatic carbocycles. The summed E-state index contributed by atoms with van der Waals surface area (Å²) in [5.74, 6) is 0. The van der Waals surface area contributed by atoms with Gasteiger partial charge in [-0.2, -0.15) is 0 Å². The Morgan fingerprint density at radius 1 is 1.17 bits per heavy atom. The number of nitrogens with zero attached hydrogens (tertiary/aromatic N) is 1. The van der Waals surface area contributed by atoms with Crippen LogP contribution in [-0.4, -0.2) is 44.3 Å². The van der Waals surface area contributed by atoms with Gasteiger partial charge in [-0.05, 0) is 17.5 Å². The van der Waals surface area contributed by atoms with Crippen molar-refractivity contribution >= 4 is 6.08 Å². The fraction of sp³-hybridized carbons (Fsp3) is 0.467. The second-order valence-corrected chi connectivity index (χ2v) is 4.58. The molecule has 0 bridgehead atoms. The molecule has 0 spiro atoms. The Bertz CT molecular complexity index is 367. The van der Waals surface area contributed by atoms with E-state index in [1.165, 1.54) is 11.1 Å². The molecule has 3 nitrogen and oxygen atoms in total. The fourth-order valence-electron chi connectivity index (χ4n) is 2.11. The molecule has 1 fully saturated rings. The van der Waals surface area contributed by atoms with Gasteiger partial charge in [-0.1, -0.05) is 36.4 Å². The maximum Gasteiger partial charge on any atom is 0.0594 e. The summed E-state index contributed by atoms with van der Waals surface area (Å²) in [5.41, 5.74) is 8.05. The summed E-state index contributed by atoms with van der Waals surface area (Å²) >= 11 is 0. The summed E-state index contributed by atoms with van der Waals surface area (Å²) in [4.78, 5) is 2.46. The van der Waals surface area contributed by atoms with Crippen LogP contribution in [0.3, 0.4) is 0 Å². The summed E-state index contributed by atoms with van der Waals surface area (Å²) in [7, 11) is 0. The molecule has 1 aromatic carbocycles. The van der Waals surface area contributed by atoms with Gasteiger partial charge in [0.05, 0.1) is 13.2 Å². The first-order valence-electron chi connectivity index (χ1n) is 6.64. The number of nitrogens with two attached hydrogens (primary N) is 1. The first kappa shape index (κ1) is 13.3. The van der Waals surface area contributed by atoms with Gasteiger partial charge < -0.3 is 10.5 Å². The van der Waals surface area contributed by atoms with Crippen LogP contribution in [0.5, 0.6) is 0 Å². The van der Waals surface area contributed by atoms with E-state index in [4.69, 9.17) is 10.5 Å². The smallest absolute Gasteiger partial charge is 0.0594 e. The van der Waals surface area contributed by atoms with Crippen molar-refractivity contribution in [2.24, 2.45) is 5.73 Å². The highest BCUT2D eigenvalue weighted by Crippen LogP contribution is 2.08. The Morgan fingerprint density at radius 3 is 2.56 bits per heavy atom. The van der Waals surface area contributed by atoms with Crippen molar-refractivity contribution in [3.8, 4) is 0 Å². The standard InChI is InChI=1S/C15H22N2O/c16-8-1-2-14-3-5-15(6-4-14)7-9-17-10-12-18-13-11-17/h1-6H,7-13,16H2/b2-1+. The Labute approximate surface area is 109 Å². The lowest BCUT2D eigenvalue weighted by Gasteiger charge is -2.26. The molecule has 2 rings (SSSR count). The molecule has 98 valence electrons. The molecule has 1 aliphatic heterocycles. The van der Waals surface area contributed by atoms with E-state index in [1.54, 1.807) is 0 Å². The van der Waals surface area contributed by atoms with Crippen LogP contribution in [0.15, 0.2) is 30.3 Å². The molecule has 0 aromatic heterocycles. The summed E-state index contributed by atoms with van der Waals surface area (Å²) in [6.07, 6.45) is 5.15. The van der Waals surface area contributed by atoms with Crippen LogP contribution in [0.4, 0.5) is 0 Å². The number of benzene rings is 1. The first-order chi connectivity index (χ1) is 8.88. The largest absolute Gasteiger partial charge is 0.379 e. The van der Waals surface area contributed by atoms with Crippen LogP contribution >= 0.6 is 0 Å². The molecular formula is C15H22N2O. The predicted molar refractivity (Wildman–Crippen MR) is 75.5 cm³/mol. The van der Waals surface area contributed by atoms with Gasteiger partial charge in [-0.15, -0.1) is 0 Å². The maximum absolute atomic E-state index is 5.43. The van der Waals surface area contributed by atoms with Crippen LogP contribution in [0, 0.1) is 0 Å². The molecule has 0 radical (unpaired) electrons. The van der Waals surface area contributed by atoms with E-state index in [1.807, 2.05) is 6.08 Å². The number of morpholine rings is 1. The van der Waals surface area contributed by atoms with Gasteiger partial charge in [0.1, 0.15) is 0 Å². The van der Waals surface area contributed by atoms with Crippen molar-refractivity contribution in [2.45, 2.75) is 6.42 Å². The lowest BCUT2D eigenvalue weighted by atomic mass is 10.1. The Hall–Kier alpha value is -1.16. The van der Waals surface area contributed by atoms with Crippen molar-refractivity contribution in [3.63, 3.8) is 0 Å². The molecule has 0 unspecified atom stereocenters. The van der Waals surface area contributed by atoms with E-state index in [0.717, 1.165) is 39.3 Å². The highest BCUT2D eigenvalue weighted by molar-refractivity contribution is 5.49. The third-order valence-electron chi connectivity index (χ3n) is 3.25. The number of hydrogen-bond acceptors (Lipinski definition) is 3. The Kier molecular flexibility index (Phi) is 5.39. The van der Waals surface area contributed by atoms with E-state index < -0.39 is 0 Å². The molecule has 18 heavy (non-hydrogen) atoms. The van der Waals surface area contributed by atoms with Gasteiger partial charge in [0.15, 0.2) is 0 Å². The minimum atomic E-state index is 0.596. The summed E-state index contributed by atoms with van der Waals surface area (Å²) in [6.45, 7) is 5.61. The normalized spacial score (nSPS) is 17.4. The van der Waals surface area contributed by atoms with Crippen molar-refractivity contribution in [2.75, 3.05) is 39.4 Å². The average molecular weight is 246 g/mol. The van der Waals surface area contributed by atoms with Crippen molar-refractivity contribution in [1.29, 1.82) is 0 Å². The van der Waals surface area contributed by atoms with Crippen molar-refractivity contribution < 1.29 is 4.74 Å². The number of hydrogen-bond donors (Lipinski definition) is 1. The highest BCUT2D eigenvalue weighted by atomic mass is 16.5. The molecule has 1 heterocycles. The zero-order valence-electron chi connectivity index (χ0n) is 10.8. The van der Waals surface area contributed by atoms with Crippen LogP contribution in [0.25, 0.3) is 6.08 Å². The van der Waals surface area contributed by atoms with Gasteiger partial charge in [-0.25, -0.2) is 0 Å². The van der Waals surface area contributed by atoms with Gasteiger partial charge in [0.2, 0.25) is 0 Å². The monoisotopic (exact) mass is 246 g/mol. The molecule has 3 heteroatoms. The molecule has 0 saturated carbocycles. The van der Waals surface area contributed by atoms with E-state index in [2.05, 4.69) is 35.2 Å². The van der Waals surface area contributed by atoms with Crippen LogP contribution in [0.1, 0.15) is 11.1 Å². The molecule has 0 atom stereocenters. The van der Waals surface area contributed by atoms with E-state index >= 15 is 0 Å². The summed E-state index contributed by atoms with van der Waals surface area (Å²) < 4.78 is 5.35. The predicted octanol–water partition coefficient (Wildman–Crippen LogP) is 1.53. The van der Waals surface area contributed by atoms with Crippen LogP contribution in [0.2, 0.25) is 0 Å². The lowest BCUT2D eigenvalue weighted by molar-refractivity contribution is 0.0384. The summed E-state index contributed by atoms with van der Waals surface area (Å²) in [6, 6.07) is 8.72. The molecule has 1 saturated heterocycles. The molecule has 0 amide bonds. The highest BCUT2D eigenvalue weighted by Gasteiger charge is 2.09. The zero-order valence-corrected chi connectivity index (χ0v) is 10.8. The van der Waals surface area contributed by atoms with Crippen molar-refractivity contribution in [1.82, 2.24) is 4.90 Å². The van der Waals surface area contributed by atoms with E-state index in [9.17, 15) is 0 Å². The molecule has 1 aromatic rings. The fourth-order valence-corrected chi connectivity index (χ4v) is 2.11. The van der Waals surface area contributed by atoms with E-state index in [0.29, 0.717) is 6.54 Å². The maximum atomic E-state index is 5.43. The third-order valence-corrected chi connectivity index (χ3v) is 3.25. The zero-order chi connectivity index (χ0) is 12.6. The number of ether oxygens (including phenoxy) is 1. The average Bonchev–Trinajstić information content (AvgIpc) is 2.45. The summed E-state index contributed by atoms with van der Waals surface area (Å²) in [5, 5.41) is 0. The molecule has 2 N–H and O–H groups in total. The second-order valence-electron chi connectivity index (χ2n) is 4.58. The van der Waals surface area contributed by atoms with Crippen LogP contribution in [-0.2, 0) is 11.2 Å².